The van der Waals surface area contributed by atoms with Crippen LogP contribution in [0.25, 0.3) is 0 Å². The summed E-state index contributed by atoms with van der Waals surface area (Å²) < 4.78 is 10.4. The molecule has 1 aliphatic rings. The van der Waals surface area contributed by atoms with Gasteiger partial charge in [-0.3, -0.25) is 9.59 Å². The monoisotopic (exact) mass is 428 g/mol. The van der Waals surface area contributed by atoms with Gasteiger partial charge in [-0.15, -0.1) is 0 Å². The maximum atomic E-state index is 12.9. The molecule has 2 aromatic carbocycles. The van der Waals surface area contributed by atoms with Crippen molar-refractivity contribution in [3.8, 4) is 5.75 Å². The zero-order valence-electron chi connectivity index (χ0n) is 17.0. The Bertz CT molecular complexity index is 1040. The molecule has 1 heterocycles. The number of aryl methyl sites for hydroxylation is 1. The van der Waals surface area contributed by atoms with Gasteiger partial charge in [-0.05, 0) is 62.7 Å². The second kappa shape index (κ2) is 8.59. The molecule has 156 valence electrons. The number of benzene rings is 2. The summed E-state index contributed by atoms with van der Waals surface area (Å²) in [4.78, 5) is 38.5. The number of imide groups is 1. The van der Waals surface area contributed by atoms with Gasteiger partial charge in [0.1, 0.15) is 16.5 Å². The number of carbonyl (C=O) groups is 3. The fourth-order valence-corrected chi connectivity index (χ4v) is 3.14. The van der Waals surface area contributed by atoms with Gasteiger partial charge in [0.05, 0.1) is 30.2 Å². The molecule has 0 bridgehead atoms. The van der Waals surface area contributed by atoms with E-state index in [1.807, 2.05) is 13.0 Å². The standard InChI is InChI=1S/C22H21ClN2O5/c1-12(2)30-22(28)14-6-8-15(9-7-14)25-20(26)18(23)19(21(25)27)24-16-11-13(3)5-10-17(16)29-4/h5-12,24H,1-4H3. The highest BCUT2D eigenvalue weighted by molar-refractivity contribution is 6.53. The molecule has 0 atom stereocenters. The van der Waals surface area contributed by atoms with Crippen LogP contribution in [0, 0.1) is 6.92 Å². The summed E-state index contributed by atoms with van der Waals surface area (Å²) >= 11 is 6.18. The molecule has 3 rings (SSSR count). The largest absolute Gasteiger partial charge is 0.495 e. The third kappa shape index (κ3) is 4.16. The van der Waals surface area contributed by atoms with E-state index in [2.05, 4.69) is 5.32 Å². The number of methoxy groups -OCH3 is 1. The number of esters is 1. The highest BCUT2D eigenvalue weighted by atomic mass is 35.5. The van der Waals surface area contributed by atoms with Crippen molar-refractivity contribution in [3.63, 3.8) is 0 Å². The molecule has 0 saturated carbocycles. The molecule has 0 radical (unpaired) electrons. The lowest BCUT2D eigenvalue weighted by Gasteiger charge is -2.16. The van der Waals surface area contributed by atoms with Gasteiger partial charge in [0.15, 0.2) is 0 Å². The van der Waals surface area contributed by atoms with Crippen molar-refractivity contribution in [3.05, 3.63) is 64.3 Å². The summed E-state index contributed by atoms with van der Waals surface area (Å²) in [5.74, 6) is -1.25. The predicted molar refractivity (Wildman–Crippen MR) is 114 cm³/mol. The Kier molecular flexibility index (Phi) is 6.12. The van der Waals surface area contributed by atoms with Gasteiger partial charge >= 0.3 is 5.97 Å². The van der Waals surface area contributed by atoms with Gasteiger partial charge in [-0.25, -0.2) is 9.69 Å². The average molecular weight is 429 g/mol. The lowest BCUT2D eigenvalue weighted by molar-refractivity contribution is -0.120. The molecular weight excluding hydrogens is 408 g/mol. The van der Waals surface area contributed by atoms with Crippen LogP contribution < -0.4 is 15.0 Å². The second-order valence-corrected chi connectivity index (χ2v) is 7.34. The average Bonchev–Trinajstić information content (AvgIpc) is 2.91. The van der Waals surface area contributed by atoms with Crippen molar-refractivity contribution < 1.29 is 23.9 Å². The Morgan fingerprint density at radius 2 is 1.73 bits per heavy atom. The zero-order valence-corrected chi connectivity index (χ0v) is 17.7. The number of carbonyl (C=O) groups excluding carboxylic acids is 3. The number of halogens is 1. The molecule has 1 aliphatic heterocycles. The molecule has 30 heavy (non-hydrogen) atoms. The topological polar surface area (TPSA) is 84.9 Å². The fourth-order valence-electron chi connectivity index (χ4n) is 2.93. The number of ether oxygens (including phenoxy) is 2. The van der Waals surface area contributed by atoms with Crippen LogP contribution >= 0.6 is 11.6 Å². The van der Waals surface area contributed by atoms with Crippen LogP contribution in [-0.4, -0.2) is 31.0 Å². The number of anilines is 2. The number of hydrogen-bond acceptors (Lipinski definition) is 6. The minimum atomic E-state index is -0.659. The summed E-state index contributed by atoms with van der Waals surface area (Å²) in [6, 6.07) is 11.4. The van der Waals surface area contributed by atoms with Crippen LogP contribution in [0.15, 0.2) is 53.2 Å². The van der Waals surface area contributed by atoms with E-state index < -0.39 is 17.8 Å². The molecule has 0 aromatic heterocycles. The number of hydrogen-bond donors (Lipinski definition) is 1. The number of rotatable bonds is 6. The van der Waals surface area contributed by atoms with Crippen LogP contribution in [0.2, 0.25) is 0 Å². The third-order valence-corrected chi connectivity index (χ3v) is 4.70. The molecular formula is C22H21ClN2O5. The van der Waals surface area contributed by atoms with E-state index in [4.69, 9.17) is 21.1 Å². The lowest BCUT2D eigenvalue weighted by atomic mass is 10.2. The Morgan fingerprint density at radius 1 is 1.07 bits per heavy atom. The van der Waals surface area contributed by atoms with Gasteiger partial charge in [-0.2, -0.15) is 0 Å². The quantitative estimate of drug-likeness (QED) is 0.553. The van der Waals surface area contributed by atoms with E-state index in [9.17, 15) is 14.4 Å². The third-order valence-electron chi connectivity index (χ3n) is 4.35. The SMILES string of the molecule is COc1ccc(C)cc1NC1=C(Cl)C(=O)N(c2ccc(C(=O)OC(C)C)cc2)C1=O. The first-order chi connectivity index (χ1) is 14.2. The Hall–Kier alpha value is -3.32. The summed E-state index contributed by atoms with van der Waals surface area (Å²) in [5, 5.41) is 2.69. The maximum Gasteiger partial charge on any atom is 0.338 e. The van der Waals surface area contributed by atoms with E-state index in [0.29, 0.717) is 17.0 Å². The van der Waals surface area contributed by atoms with E-state index in [1.54, 1.807) is 26.0 Å². The van der Waals surface area contributed by atoms with E-state index >= 15 is 0 Å². The van der Waals surface area contributed by atoms with Crippen LogP contribution in [0.5, 0.6) is 5.75 Å². The summed E-state index contributed by atoms with van der Waals surface area (Å²) in [7, 11) is 1.51. The molecule has 0 aliphatic carbocycles. The second-order valence-electron chi connectivity index (χ2n) is 6.96. The minimum absolute atomic E-state index is 0.0474. The first kappa shape index (κ1) is 21.4. The van der Waals surface area contributed by atoms with Crippen molar-refractivity contribution in [1.82, 2.24) is 0 Å². The van der Waals surface area contributed by atoms with Gasteiger partial charge in [0, 0.05) is 0 Å². The maximum absolute atomic E-state index is 12.9. The Morgan fingerprint density at radius 3 is 2.33 bits per heavy atom. The van der Waals surface area contributed by atoms with Gasteiger partial charge in [-0.1, -0.05) is 17.7 Å². The lowest BCUT2D eigenvalue weighted by Crippen LogP contribution is -2.32. The van der Waals surface area contributed by atoms with Crippen molar-refractivity contribution >= 4 is 40.8 Å². The molecule has 0 saturated heterocycles. The molecule has 0 spiro atoms. The first-order valence-corrected chi connectivity index (χ1v) is 9.62. The highest BCUT2D eigenvalue weighted by Gasteiger charge is 2.39. The van der Waals surface area contributed by atoms with Gasteiger partial charge in [0.25, 0.3) is 11.8 Å². The summed E-state index contributed by atoms with van der Waals surface area (Å²) in [6.07, 6.45) is -0.255. The Balaban J connectivity index is 1.85. The highest BCUT2D eigenvalue weighted by Crippen LogP contribution is 2.33. The minimum Gasteiger partial charge on any atom is -0.495 e. The van der Waals surface area contributed by atoms with E-state index in [-0.39, 0.29) is 22.5 Å². The summed E-state index contributed by atoms with van der Waals surface area (Å²) in [6.45, 7) is 5.39. The molecule has 7 nitrogen and oxygen atoms in total. The zero-order chi connectivity index (χ0) is 22.0. The smallest absolute Gasteiger partial charge is 0.338 e. The van der Waals surface area contributed by atoms with Crippen LogP contribution in [0.1, 0.15) is 29.8 Å². The van der Waals surface area contributed by atoms with Crippen molar-refractivity contribution in [2.45, 2.75) is 26.9 Å². The normalized spacial score (nSPS) is 13.9. The fraction of sp³-hybridized carbons (Fsp3) is 0.227. The van der Waals surface area contributed by atoms with Crippen molar-refractivity contribution in [2.24, 2.45) is 0 Å². The predicted octanol–water partition coefficient (Wildman–Crippen LogP) is 4.00. The van der Waals surface area contributed by atoms with E-state index in [1.165, 1.54) is 31.4 Å². The molecule has 0 unspecified atom stereocenters. The van der Waals surface area contributed by atoms with Crippen LogP contribution in [-0.2, 0) is 14.3 Å². The van der Waals surface area contributed by atoms with Gasteiger partial charge in [0.2, 0.25) is 0 Å². The Labute approximate surface area is 179 Å². The van der Waals surface area contributed by atoms with E-state index in [0.717, 1.165) is 10.5 Å². The molecule has 1 N–H and O–H groups in total. The number of nitrogens with zero attached hydrogens (tertiary/aromatic N) is 1. The van der Waals surface area contributed by atoms with Crippen LogP contribution in [0.3, 0.4) is 0 Å². The summed E-state index contributed by atoms with van der Waals surface area (Å²) in [5.41, 5.74) is 2.01. The number of nitrogens with one attached hydrogen (secondary N) is 1. The van der Waals surface area contributed by atoms with Crippen LogP contribution in [0.4, 0.5) is 11.4 Å². The van der Waals surface area contributed by atoms with Crippen molar-refractivity contribution in [1.29, 1.82) is 0 Å². The molecule has 8 heteroatoms. The van der Waals surface area contributed by atoms with Crippen molar-refractivity contribution in [2.75, 3.05) is 17.3 Å². The first-order valence-electron chi connectivity index (χ1n) is 9.24. The number of amides is 2. The molecule has 2 amide bonds. The van der Waals surface area contributed by atoms with Gasteiger partial charge < -0.3 is 14.8 Å². The molecule has 2 aromatic rings. The molecule has 0 fully saturated rings.